The Balaban J connectivity index is 1.32. The van der Waals surface area contributed by atoms with Gasteiger partial charge in [0, 0.05) is 25.0 Å². The predicted octanol–water partition coefficient (Wildman–Crippen LogP) is 1.97. The number of amides is 2. The maximum atomic E-state index is 12.0. The molecule has 5 nitrogen and oxygen atoms in total. The first kappa shape index (κ1) is 15.8. The van der Waals surface area contributed by atoms with Crippen LogP contribution in [0.2, 0.25) is 0 Å². The number of para-hydroxylation sites is 1. The SMILES string of the molecule is O=C(CCOc1ccccc1)NC1CCN(C(=O)C2CC2)CC1. The van der Waals surface area contributed by atoms with Gasteiger partial charge in [0.15, 0.2) is 0 Å². The van der Waals surface area contributed by atoms with E-state index < -0.39 is 0 Å². The van der Waals surface area contributed by atoms with Gasteiger partial charge in [0.25, 0.3) is 0 Å². The summed E-state index contributed by atoms with van der Waals surface area (Å²) in [5.74, 6) is 1.41. The summed E-state index contributed by atoms with van der Waals surface area (Å²) in [7, 11) is 0. The Kier molecular flexibility index (Phi) is 5.16. The van der Waals surface area contributed by atoms with E-state index in [-0.39, 0.29) is 17.9 Å². The number of carbonyl (C=O) groups excluding carboxylic acids is 2. The number of hydrogen-bond acceptors (Lipinski definition) is 3. The second kappa shape index (κ2) is 7.49. The van der Waals surface area contributed by atoms with Gasteiger partial charge in [-0.15, -0.1) is 0 Å². The van der Waals surface area contributed by atoms with Crippen LogP contribution < -0.4 is 10.1 Å². The summed E-state index contributed by atoms with van der Waals surface area (Å²) < 4.78 is 5.53. The summed E-state index contributed by atoms with van der Waals surface area (Å²) in [6.07, 6.45) is 4.16. The molecule has 2 aliphatic rings. The quantitative estimate of drug-likeness (QED) is 0.873. The Bertz CT molecular complexity index is 534. The highest BCUT2D eigenvalue weighted by atomic mass is 16.5. The molecule has 3 rings (SSSR count). The van der Waals surface area contributed by atoms with E-state index in [1.807, 2.05) is 35.2 Å². The van der Waals surface area contributed by atoms with Gasteiger partial charge in [-0.25, -0.2) is 0 Å². The van der Waals surface area contributed by atoms with Gasteiger partial charge in [-0.1, -0.05) is 18.2 Å². The zero-order chi connectivity index (χ0) is 16.1. The van der Waals surface area contributed by atoms with Crippen LogP contribution in [0.3, 0.4) is 0 Å². The van der Waals surface area contributed by atoms with Crippen LogP contribution in [0.15, 0.2) is 30.3 Å². The molecule has 1 aromatic rings. The number of carbonyl (C=O) groups is 2. The Hall–Kier alpha value is -2.04. The van der Waals surface area contributed by atoms with Crippen molar-refractivity contribution in [1.82, 2.24) is 10.2 Å². The van der Waals surface area contributed by atoms with Gasteiger partial charge >= 0.3 is 0 Å². The smallest absolute Gasteiger partial charge is 0.225 e. The fraction of sp³-hybridized carbons (Fsp3) is 0.556. The molecule has 1 aliphatic carbocycles. The maximum Gasteiger partial charge on any atom is 0.225 e. The number of likely N-dealkylation sites (tertiary alicyclic amines) is 1. The first-order valence-electron chi connectivity index (χ1n) is 8.48. The topological polar surface area (TPSA) is 58.6 Å². The molecule has 0 spiro atoms. The van der Waals surface area contributed by atoms with Crippen molar-refractivity contribution < 1.29 is 14.3 Å². The third-order valence-electron chi connectivity index (χ3n) is 4.44. The van der Waals surface area contributed by atoms with Crippen molar-refractivity contribution in [2.45, 2.75) is 38.1 Å². The van der Waals surface area contributed by atoms with Crippen molar-refractivity contribution in [2.75, 3.05) is 19.7 Å². The molecule has 5 heteroatoms. The minimum Gasteiger partial charge on any atom is -0.493 e. The normalized spacial score (nSPS) is 18.5. The van der Waals surface area contributed by atoms with Crippen LogP contribution in [0.25, 0.3) is 0 Å². The van der Waals surface area contributed by atoms with Crippen molar-refractivity contribution in [1.29, 1.82) is 0 Å². The lowest BCUT2D eigenvalue weighted by molar-refractivity contribution is -0.133. The number of ether oxygens (including phenoxy) is 1. The second-order valence-corrected chi connectivity index (χ2v) is 6.35. The lowest BCUT2D eigenvalue weighted by Crippen LogP contribution is -2.47. The van der Waals surface area contributed by atoms with Crippen LogP contribution in [0.4, 0.5) is 0 Å². The van der Waals surface area contributed by atoms with Gasteiger partial charge in [-0.3, -0.25) is 9.59 Å². The third kappa shape index (κ3) is 4.71. The summed E-state index contributed by atoms with van der Waals surface area (Å²) in [4.78, 5) is 25.9. The van der Waals surface area contributed by atoms with Crippen LogP contribution in [-0.4, -0.2) is 42.5 Å². The number of benzene rings is 1. The first-order valence-corrected chi connectivity index (χ1v) is 8.48. The lowest BCUT2D eigenvalue weighted by atomic mass is 10.0. The highest BCUT2D eigenvalue weighted by Crippen LogP contribution is 2.31. The molecule has 1 N–H and O–H groups in total. The van der Waals surface area contributed by atoms with Crippen molar-refractivity contribution in [3.05, 3.63) is 30.3 Å². The number of piperidine rings is 1. The molecule has 0 unspecified atom stereocenters. The number of nitrogens with one attached hydrogen (secondary N) is 1. The minimum absolute atomic E-state index is 0.0212. The monoisotopic (exact) mass is 316 g/mol. The van der Waals surface area contributed by atoms with Crippen molar-refractivity contribution >= 4 is 11.8 Å². The number of nitrogens with zero attached hydrogens (tertiary/aromatic N) is 1. The molecule has 2 amide bonds. The average molecular weight is 316 g/mol. The highest BCUT2D eigenvalue weighted by molar-refractivity contribution is 5.81. The van der Waals surface area contributed by atoms with Gasteiger partial charge in [-0.05, 0) is 37.8 Å². The summed E-state index contributed by atoms with van der Waals surface area (Å²) >= 11 is 0. The molecule has 0 radical (unpaired) electrons. The van der Waals surface area contributed by atoms with Gasteiger partial charge in [0.1, 0.15) is 5.75 Å². The van der Waals surface area contributed by atoms with Crippen LogP contribution in [0.5, 0.6) is 5.75 Å². The van der Waals surface area contributed by atoms with Gasteiger partial charge in [0.05, 0.1) is 13.0 Å². The summed E-state index contributed by atoms with van der Waals surface area (Å²) in [6, 6.07) is 9.69. The minimum atomic E-state index is 0.0212. The standard InChI is InChI=1S/C18H24N2O3/c21-17(10-13-23-16-4-2-1-3-5-16)19-15-8-11-20(12-9-15)18(22)14-6-7-14/h1-5,14-15H,6-13H2,(H,19,21). The summed E-state index contributed by atoms with van der Waals surface area (Å²) in [5, 5.41) is 3.05. The molecule has 1 saturated heterocycles. The molecule has 23 heavy (non-hydrogen) atoms. The molecule has 1 saturated carbocycles. The van der Waals surface area contributed by atoms with E-state index in [0.717, 1.165) is 44.5 Å². The molecular weight excluding hydrogens is 292 g/mol. The Morgan fingerprint density at radius 1 is 1.09 bits per heavy atom. The fourth-order valence-electron chi connectivity index (χ4n) is 2.91. The summed E-state index contributed by atoms with van der Waals surface area (Å²) in [6.45, 7) is 1.91. The molecule has 124 valence electrons. The van der Waals surface area contributed by atoms with Crippen molar-refractivity contribution in [3.63, 3.8) is 0 Å². The Labute approximate surface area is 137 Å². The van der Waals surface area contributed by atoms with E-state index in [4.69, 9.17) is 4.74 Å². The molecule has 2 fully saturated rings. The highest BCUT2D eigenvalue weighted by Gasteiger charge is 2.34. The van der Waals surface area contributed by atoms with Gasteiger partial charge < -0.3 is 15.0 Å². The van der Waals surface area contributed by atoms with E-state index in [1.165, 1.54) is 0 Å². The molecule has 0 aromatic heterocycles. The number of hydrogen-bond donors (Lipinski definition) is 1. The average Bonchev–Trinajstić information content (AvgIpc) is 3.41. The van der Waals surface area contributed by atoms with Gasteiger partial charge in [0.2, 0.25) is 11.8 Å². The lowest BCUT2D eigenvalue weighted by Gasteiger charge is -2.32. The van der Waals surface area contributed by atoms with Crippen molar-refractivity contribution in [2.24, 2.45) is 5.92 Å². The van der Waals surface area contributed by atoms with Crippen LogP contribution in [-0.2, 0) is 9.59 Å². The van der Waals surface area contributed by atoms with E-state index in [1.54, 1.807) is 0 Å². The molecule has 1 heterocycles. The van der Waals surface area contributed by atoms with E-state index in [0.29, 0.717) is 18.9 Å². The maximum absolute atomic E-state index is 12.0. The number of rotatable bonds is 6. The van der Waals surface area contributed by atoms with E-state index in [9.17, 15) is 9.59 Å². The molecular formula is C18H24N2O3. The van der Waals surface area contributed by atoms with E-state index >= 15 is 0 Å². The molecule has 1 aromatic carbocycles. The van der Waals surface area contributed by atoms with Crippen LogP contribution in [0, 0.1) is 5.92 Å². The largest absolute Gasteiger partial charge is 0.493 e. The Morgan fingerprint density at radius 2 is 1.78 bits per heavy atom. The van der Waals surface area contributed by atoms with Crippen LogP contribution in [0.1, 0.15) is 32.1 Å². The summed E-state index contributed by atoms with van der Waals surface area (Å²) in [5.41, 5.74) is 0. The zero-order valence-corrected chi connectivity index (χ0v) is 13.4. The predicted molar refractivity (Wildman–Crippen MR) is 87.0 cm³/mol. The van der Waals surface area contributed by atoms with Gasteiger partial charge in [-0.2, -0.15) is 0 Å². The molecule has 0 bridgehead atoms. The van der Waals surface area contributed by atoms with Crippen LogP contribution >= 0.6 is 0 Å². The zero-order valence-electron chi connectivity index (χ0n) is 13.4. The Morgan fingerprint density at radius 3 is 2.43 bits per heavy atom. The molecule has 0 atom stereocenters. The first-order chi connectivity index (χ1) is 11.2. The fourth-order valence-corrected chi connectivity index (χ4v) is 2.91. The van der Waals surface area contributed by atoms with E-state index in [2.05, 4.69) is 5.32 Å². The second-order valence-electron chi connectivity index (χ2n) is 6.35. The van der Waals surface area contributed by atoms with Crippen molar-refractivity contribution in [3.8, 4) is 5.75 Å². The third-order valence-corrected chi connectivity index (χ3v) is 4.44. The molecule has 1 aliphatic heterocycles.